The van der Waals surface area contributed by atoms with Crippen molar-refractivity contribution in [2.75, 3.05) is 0 Å². The zero-order valence-corrected chi connectivity index (χ0v) is 10.9. The average Bonchev–Trinajstić information content (AvgIpc) is 2.85. The van der Waals surface area contributed by atoms with E-state index in [0.29, 0.717) is 17.2 Å². The van der Waals surface area contributed by atoms with E-state index in [1.165, 1.54) is 0 Å². The van der Waals surface area contributed by atoms with E-state index < -0.39 is 0 Å². The fraction of sp³-hybridized carbons (Fsp3) is 0.0625. The standard InChI is InChI=1S/C16H11ClO2/c17-13-7-5-11(6-8-13)9-14(18)16-10-12-3-1-2-4-15(12)19-16/h1-8,10H,9H2. The topological polar surface area (TPSA) is 30.2 Å². The average molecular weight is 271 g/mol. The van der Waals surface area contributed by atoms with Crippen molar-refractivity contribution < 1.29 is 9.21 Å². The van der Waals surface area contributed by atoms with Gasteiger partial charge in [-0.05, 0) is 29.8 Å². The Morgan fingerprint density at radius 3 is 2.53 bits per heavy atom. The Labute approximate surface area is 115 Å². The second-order valence-electron chi connectivity index (χ2n) is 4.37. The highest BCUT2D eigenvalue weighted by Crippen LogP contribution is 2.20. The molecule has 0 aliphatic rings. The Kier molecular flexibility index (Phi) is 3.10. The molecule has 0 aliphatic heterocycles. The van der Waals surface area contributed by atoms with Gasteiger partial charge in [-0.2, -0.15) is 0 Å². The number of halogens is 1. The van der Waals surface area contributed by atoms with Crippen LogP contribution in [0.3, 0.4) is 0 Å². The number of fused-ring (bicyclic) bond motifs is 1. The summed E-state index contributed by atoms with van der Waals surface area (Å²) in [7, 11) is 0. The molecule has 3 heteroatoms. The molecule has 3 aromatic rings. The van der Waals surface area contributed by atoms with Crippen molar-refractivity contribution >= 4 is 28.4 Å². The first kappa shape index (κ1) is 12.0. The molecule has 0 unspecified atom stereocenters. The van der Waals surface area contributed by atoms with Gasteiger partial charge in [0.1, 0.15) is 5.58 Å². The number of ketones is 1. The summed E-state index contributed by atoms with van der Waals surface area (Å²) in [6.07, 6.45) is 0.316. The highest BCUT2D eigenvalue weighted by Gasteiger charge is 2.12. The smallest absolute Gasteiger partial charge is 0.202 e. The number of hydrogen-bond acceptors (Lipinski definition) is 2. The van der Waals surface area contributed by atoms with Crippen molar-refractivity contribution in [2.45, 2.75) is 6.42 Å². The first-order valence-corrected chi connectivity index (χ1v) is 6.36. The van der Waals surface area contributed by atoms with E-state index in [2.05, 4.69) is 0 Å². The third-order valence-corrected chi connectivity index (χ3v) is 3.23. The molecular formula is C16H11ClO2. The molecule has 0 saturated heterocycles. The van der Waals surface area contributed by atoms with Crippen LogP contribution < -0.4 is 0 Å². The van der Waals surface area contributed by atoms with Crippen molar-refractivity contribution in [3.05, 3.63) is 70.9 Å². The molecule has 0 radical (unpaired) electrons. The van der Waals surface area contributed by atoms with Crippen molar-refractivity contribution in [1.82, 2.24) is 0 Å². The van der Waals surface area contributed by atoms with Crippen LogP contribution in [0.4, 0.5) is 0 Å². The molecule has 0 amide bonds. The van der Waals surface area contributed by atoms with Crippen LogP contribution in [0.15, 0.2) is 59.0 Å². The van der Waals surface area contributed by atoms with Gasteiger partial charge in [-0.25, -0.2) is 0 Å². The lowest BCUT2D eigenvalue weighted by Gasteiger charge is -1.98. The van der Waals surface area contributed by atoms with Crippen LogP contribution >= 0.6 is 11.6 Å². The maximum absolute atomic E-state index is 12.1. The lowest BCUT2D eigenvalue weighted by molar-refractivity contribution is 0.0968. The van der Waals surface area contributed by atoms with Crippen molar-refractivity contribution in [2.24, 2.45) is 0 Å². The number of rotatable bonds is 3. The van der Waals surface area contributed by atoms with Crippen LogP contribution in [0, 0.1) is 0 Å². The third-order valence-electron chi connectivity index (χ3n) is 2.98. The fourth-order valence-electron chi connectivity index (χ4n) is 1.99. The second-order valence-corrected chi connectivity index (χ2v) is 4.81. The predicted octanol–water partition coefficient (Wildman–Crippen LogP) is 4.51. The Morgan fingerprint density at radius 1 is 1.05 bits per heavy atom. The van der Waals surface area contributed by atoms with Gasteiger partial charge in [-0.1, -0.05) is 41.9 Å². The number of para-hydroxylation sites is 1. The van der Waals surface area contributed by atoms with Crippen LogP contribution in [-0.4, -0.2) is 5.78 Å². The normalized spacial score (nSPS) is 10.8. The highest BCUT2D eigenvalue weighted by atomic mass is 35.5. The zero-order chi connectivity index (χ0) is 13.2. The molecule has 0 N–H and O–H groups in total. The molecule has 19 heavy (non-hydrogen) atoms. The monoisotopic (exact) mass is 270 g/mol. The van der Waals surface area contributed by atoms with Crippen molar-refractivity contribution in [3.63, 3.8) is 0 Å². The largest absolute Gasteiger partial charge is 0.453 e. The van der Waals surface area contributed by atoms with E-state index in [1.807, 2.05) is 36.4 Å². The number of furan rings is 1. The van der Waals surface area contributed by atoms with Gasteiger partial charge in [0.05, 0.1) is 0 Å². The number of Topliss-reactive ketones (excluding diaryl/α,β-unsaturated/α-hetero) is 1. The van der Waals surface area contributed by atoms with Gasteiger partial charge in [-0.3, -0.25) is 4.79 Å². The molecule has 0 saturated carbocycles. The molecule has 0 atom stereocenters. The van der Waals surface area contributed by atoms with E-state index in [-0.39, 0.29) is 5.78 Å². The van der Waals surface area contributed by atoms with Gasteiger partial charge in [-0.15, -0.1) is 0 Å². The van der Waals surface area contributed by atoms with E-state index in [1.54, 1.807) is 18.2 Å². The predicted molar refractivity (Wildman–Crippen MR) is 75.7 cm³/mol. The molecule has 1 aromatic heterocycles. The summed E-state index contributed by atoms with van der Waals surface area (Å²) in [4.78, 5) is 12.1. The molecule has 0 aliphatic carbocycles. The Morgan fingerprint density at radius 2 is 1.79 bits per heavy atom. The minimum absolute atomic E-state index is 0.0291. The zero-order valence-electron chi connectivity index (χ0n) is 10.1. The van der Waals surface area contributed by atoms with Gasteiger partial charge < -0.3 is 4.42 Å². The van der Waals surface area contributed by atoms with Crippen LogP contribution in [0.25, 0.3) is 11.0 Å². The molecule has 94 valence electrons. The van der Waals surface area contributed by atoms with E-state index >= 15 is 0 Å². The lowest BCUT2D eigenvalue weighted by atomic mass is 10.1. The summed E-state index contributed by atoms with van der Waals surface area (Å²) in [6.45, 7) is 0. The molecule has 0 fully saturated rings. The summed E-state index contributed by atoms with van der Waals surface area (Å²) < 4.78 is 5.55. The van der Waals surface area contributed by atoms with Crippen LogP contribution in [0.5, 0.6) is 0 Å². The summed E-state index contributed by atoms with van der Waals surface area (Å²) in [6, 6.07) is 16.6. The molecular weight excluding hydrogens is 260 g/mol. The summed E-state index contributed by atoms with van der Waals surface area (Å²) in [5.74, 6) is 0.370. The van der Waals surface area contributed by atoms with E-state index in [9.17, 15) is 4.79 Å². The first-order valence-electron chi connectivity index (χ1n) is 5.98. The highest BCUT2D eigenvalue weighted by molar-refractivity contribution is 6.30. The van der Waals surface area contributed by atoms with E-state index in [0.717, 1.165) is 16.5 Å². The molecule has 1 heterocycles. The third kappa shape index (κ3) is 2.54. The van der Waals surface area contributed by atoms with Crippen LogP contribution in [0.1, 0.15) is 16.1 Å². The lowest BCUT2D eigenvalue weighted by Crippen LogP contribution is -2.01. The van der Waals surface area contributed by atoms with Gasteiger partial charge >= 0.3 is 0 Å². The fourth-order valence-corrected chi connectivity index (χ4v) is 2.12. The Balaban J connectivity index is 1.85. The maximum Gasteiger partial charge on any atom is 0.202 e. The molecule has 3 rings (SSSR count). The van der Waals surface area contributed by atoms with Crippen LogP contribution in [-0.2, 0) is 6.42 Å². The maximum atomic E-state index is 12.1. The second kappa shape index (κ2) is 4.90. The Hall–Kier alpha value is -2.06. The molecule has 0 spiro atoms. The summed E-state index contributed by atoms with van der Waals surface area (Å²) in [5, 5.41) is 1.61. The molecule has 2 aromatic carbocycles. The van der Waals surface area contributed by atoms with Crippen LogP contribution in [0.2, 0.25) is 5.02 Å². The molecule has 2 nitrogen and oxygen atoms in total. The van der Waals surface area contributed by atoms with Gasteiger partial charge in [0.2, 0.25) is 5.78 Å². The first-order chi connectivity index (χ1) is 9.22. The summed E-state index contributed by atoms with van der Waals surface area (Å²) in [5.41, 5.74) is 1.66. The molecule has 0 bridgehead atoms. The number of carbonyl (C=O) groups is 1. The Bertz CT molecular complexity index is 693. The van der Waals surface area contributed by atoms with Crippen molar-refractivity contribution in [1.29, 1.82) is 0 Å². The van der Waals surface area contributed by atoms with E-state index in [4.69, 9.17) is 16.0 Å². The summed E-state index contributed by atoms with van der Waals surface area (Å²) >= 11 is 5.82. The minimum atomic E-state index is -0.0291. The SMILES string of the molecule is O=C(Cc1ccc(Cl)cc1)c1cc2ccccc2o1. The number of benzene rings is 2. The van der Waals surface area contributed by atoms with Gasteiger partial charge in [0.15, 0.2) is 5.76 Å². The number of carbonyl (C=O) groups excluding carboxylic acids is 1. The number of hydrogen-bond donors (Lipinski definition) is 0. The van der Waals surface area contributed by atoms with Gasteiger partial charge in [0.25, 0.3) is 0 Å². The minimum Gasteiger partial charge on any atom is -0.453 e. The van der Waals surface area contributed by atoms with Gasteiger partial charge in [0, 0.05) is 16.8 Å². The van der Waals surface area contributed by atoms with Crippen molar-refractivity contribution in [3.8, 4) is 0 Å². The quantitative estimate of drug-likeness (QED) is 0.656.